The second-order valence-electron chi connectivity index (χ2n) is 4.03. The van der Waals surface area contributed by atoms with Crippen LogP contribution in [0, 0.1) is 5.95 Å². The predicted octanol–water partition coefficient (Wildman–Crippen LogP) is 2.16. The van der Waals surface area contributed by atoms with Crippen LogP contribution < -0.4 is 4.68 Å². The molecule has 2 nitrogen and oxygen atoms in total. The molecule has 74 valence electrons. The van der Waals surface area contributed by atoms with Crippen LogP contribution in [0.1, 0.15) is 45.2 Å². The molecule has 0 saturated carbocycles. The number of hydrogen-bond acceptors (Lipinski definition) is 0. The van der Waals surface area contributed by atoms with E-state index in [1.54, 1.807) is 11.7 Å². The summed E-state index contributed by atoms with van der Waals surface area (Å²) in [6.45, 7) is 8.10. The van der Waals surface area contributed by atoms with E-state index >= 15 is 0 Å². The Kier molecular flexibility index (Phi) is 2.74. The third-order valence-electron chi connectivity index (χ3n) is 2.29. The molecule has 0 aliphatic heterocycles. The summed E-state index contributed by atoms with van der Waals surface area (Å²) >= 11 is 0. The predicted molar refractivity (Wildman–Crippen MR) is 50.0 cm³/mol. The van der Waals surface area contributed by atoms with Crippen molar-refractivity contribution in [1.82, 2.24) is 4.68 Å². The molecule has 0 N–H and O–H groups in total. The van der Waals surface area contributed by atoms with Gasteiger partial charge in [-0.25, -0.2) is 0 Å². The fraction of sp³-hybridized carbons (Fsp3) is 0.700. The molecule has 0 fully saturated rings. The Balaban J connectivity index is 3.20. The van der Waals surface area contributed by atoms with Gasteiger partial charge in [-0.15, -0.1) is 9.36 Å². The summed E-state index contributed by atoms with van der Waals surface area (Å²) in [5.74, 6) is 0.120. The molecule has 0 spiro atoms. The highest BCUT2D eigenvalue weighted by Crippen LogP contribution is 2.16. The Bertz CT molecular complexity index is 272. The zero-order valence-corrected chi connectivity index (χ0v) is 9.00. The molecule has 0 saturated heterocycles. The SMILES string of the molecule is CC(C)c1c[n+](C(C)C)n(C)c1F. The normalized spacial score (nSPS) is 11.7. The van der Waals surface area contributed by atoms with Crippen LogP contribution in [0.2, 0.25) is 0 Å². The van der Waals surface area contributed by atoms with Gasteiger partial charge in [-0.3, -0.25) is 0 Å². The van der Waals surface area contributed by atoms with Crippen LogP contribution in [0.3, 0.4) is 0 Å². The van der Waals surface area contributed by atoms with Crippen LogP contribution in [-0.4, -0.2) is 4.68 Å². The lowest BCUT2D eigenvalue weighted by Gasteiger charge is -1.98. The van der Waals surface area contributed by atoms with Gasteiger partial charge in [-0.1, -0.05) is 13.8 Å². The van der Waals surface area contributed by atoms with Crippen molar-refractivity contribution in [1.29, 1.82) is 0 Å². The zero-order chi connectivity index (χ0) is 10.2. The fourth-order valence-corrected chi connectivity index (χ4v) is 1.45. The maximum Gasteiger partial charge on any atom is 0.255 e. The first-order valence-corrected chi connectivity index (χ1v) is 4.71. The van der Waals surface area contributed by atoms with E-state index in [4.69, 9.17) is 0 Å². The lowest BCUT2D eigenvalue weighted by molar-refractivity contribution is -0.792. The van der Waals surface area contributed by atoms with E-state index in [-0.39, 0.29) is 11.9 Å². The van der Waals surface area contributed by atoms with Gasteiger partial charge < -0.3 is 0 Å². The molecular formula is C10H18FN2+. The van der Waals surface area contributed by atoms with E-state index in [9.17, 15) is 4.39 Å². The number of halogens is 1. The molecule has 1 heterocycles. The minimum absolute atomic E-state index is 0.122. The quantitative estimate of drug-likeness (QED) is 0.624. The number of nitrogens with zero attached hydrogens (tertiary/aromatic N) is 2. The highest BCUT2D eigenvalue weighted by Gasteiger charge is 2.22. The van der Waals surface area contributed by atoms with Crippen molar-refractivity contribution >= 4 is 0 Å². The largest absolute Gasteiger partial charge is 0.255 e. The highest BCUT2D eigenvalue weighted by molar-refractivity contribution is 5.08. The first-order chi connectivity index (χ1) is 5.95. The minimum Gasteiger partial charge on any atom is -0.181 e. The van der Waals surface area contributed by atoms with E-state index in [2.05, 4.69) is 0 Å². The third kappa shape index (κ3) is 1.74. The Labute approximate surface area is 79.0 Å². The van der Waals surface area contributed by atoms with Gasteiger partial charge in [-0.05, 0) is 19.8 Å². The summed E-state index contributed by atoms with van der Waals surface area (Å²) < 4.78 is 17.1. The second-order valence-corrected chi connectivity index (χ2v) is 4.03. The van der Waals surface area contributed by atoms with E-state index < -0.39 is 0 Å². The molecule has 13 heavy (non-hydrogen) atoms. The first kappa shape index (κ1) is 10.2. The molecule has 0 aliphatic rings. The average molecular weight is 185 g/mol. The van der Waals surface area contributed by atoms with Crippen molar-refractivity contribution in [2.75, 3.05) is 0 Å². The molecule has 3 heteroatoms. The highest BCUT2D eigenvalue weighted by atomic mass is 19.1. The van der Waals surface area contributed by atoms with Gasteiger partial charge in [0, 0.05) is 0 Å². The first-order valence-electron chi connectivity index (χ1n) is 4.71. The van der Waals surface area contributed by atoms with Gasteiger partial charge in [0.15, 0.2) is 6.04 Å². The van der Waals surface area contributed by atoms with Crippen molar-refractivity contribution in [3.8, 4) is 0 Å². The number of rotatable bonds is 2. The van der Waals surface area contributed by atoms with Gasteiger partial charge in [0.25, 0.3) is 5.95 Å². The molecular weight excluding hydrogens is 167 g/mol. The van der Waals surface area contributed by atoms with Crippen LogP contribution in [0.4, 0.5) is 4.39 Å². The Morgan fingerprint density at radius 2 is 1.85 bits per heavy atom. The van der Waals surface area contributed by atoms with E-state index in [0.29, 0.717) is 6.04 Å². The van der Waals surface area contributed by atoms with Crippen LogP contribution in [0.5, 0.6) is 0 Å². The molecule has 1 rings (SSSR count). The Morgan fingerprint density at radius 1 is 1.31 bits per heavy atom. The molecule has 0 aromatic carbocycles. The van der Waals surface area contributed by atoms with Crippen LogP contribution in [-0.2, 0) is 7.05 Å². The molecule has 0 radical (unpaired) electrons. The molecule has 0 unspecified atom stereocenters. The lowest BCUT2D eigenvalue weighted by Crippen LogP contribution is -2.43. The third-order valence-corrected chi connectivity index (χ3v) is 2.29. The van der Waals surface area contributed by atoms with Crippen LogP contribution in [0.15, 0.2) is 6.20 Å². The molecule has 1 aromatic heterocycles. The van der Waals surface area contributed by atoms with Crippen LogP contribution >= 0.6 is 0 Å². The summed E-state index contributed by atoms with van der Waals surface area (Å²) in [4.78, 5) is 0. The number of hydrogen-bond donors (Lipinski definition) is 0. The molecule has 1 aromatic rings. The van der Waals surface area contributed by atoms with Gasteiger partial charge in [0.2, 0.25) is 6.20 Å². The van der Waals surface area contributed by atoms with Gasteiger partial charge in [0.1, 0.15) is 0 Å². The lowest BCUT2D eigenvalue weighted by atomic mass is 10.1. The fourth-order valence-electron chi connectivity index (χ4n) is 1.45. The van der Waals surface area contributed by atoms with Gasteiger partial charge in [-0.2, -0.15) is 4.39 Å². The van der Waals surface area contributed by atoms with Crippen molar-refractivity contribution in [3.05, 3.63) is 17.7 Å². The van der Waals surface area contributed by atoms with E-state index in [0.717, 1.165) is 5.56 Å². The smallest absolute Gasteiger partial charge is 0.181 e. The van der Waals surface area contributed by atoms with E-state index in [1.807, 2.05) is 38.6 Å². The monoisotopic (exact) mass is 185 g/mol. The van der Waals surface area contributed by atoms with Crippen molar-refractivity contribution < 1.29 is 9.07 Å². The van der Waals surface area contributed by atoms with Gasteiger partial charge >= 0.3 is 0 Å². The van der Waals surface area contributed by atoms with Crippen molar-refractivity contribution in [3.63, 3.8) is 0 Å². The molecule has 0 atom stereocenters. The summed E-state index contributed by atoms with van der Waals surface area (Å²) in [7, 11) is 1.75. The van der Waals surface area contributed by atoms with Crippen LogP contribution in [0.25, 0.3) is 0 Å². The maximum atomic E-state index is 13.6. The molecule has 0 bridgehead atoms. The maximum absolute atomic E-state index is 13.6. The number of aromatic nitrogens is 2. The minimum atomic E-state index is -0.122. The Hall–Kier alpha value is -0.860. The average Bonchev–Trinajstić information content (AvgIpc) is 2.29. The summed E-state index contributed by atoms with van der Waals surface area (Å²) in [6.07, 6.45) is 1.89. The standard InChI is InChI=1S/C10H18FN2/c1-7(2)9-6-13(8(3)4)12(5)10(9)11/h6-8H,1-5H3/q+1. The summed E-state index contributed by atoms with van der Waals surface area (Å²) in [6, 6.07) is 0.298. The Morgan fingerprint density at radius 3 is 2.08 bits per heavy atom. The van der Waals surface area contributed by atoms with Crippen molar-refractivity contribution in [2.45, 2.75) is 39.7 Å². The zero-order valence-electron chi connectivity index (χ0n) is 9.00. The summed E-state index contributed by atoms with van der Waals surface area (Å²) in [5.41, 5.74) is 0.788. The second kappa shape index (κ2) is 3.48. The molecule has 0 aliphatic carbocycles. The van der Waals surface area contributed by atoms with E-state index in [1.165, 1.54) is 0 Å². The topological polar surface area (TPSA) is 8.81 Å². The van der Waals surface area contributed by atoms with Crippen molar-refractivity contribution in [2.24, 2.45) is 7.05 Å². The van der Waals surface area contributed by atoms with Gasteiger partial charge in [0.05, 0.1) is 12.6 Å². The summed E-state index contributed by atoms with van der Waals surface area (Å²) in [5, 5.41) is 0. The molecule has 0 amide bonds.